The van der Waals surface area contributed by atoms with Gasteiger partial charge in [0.1, 0.15) is 11.3 Å². The lowest BCUT2D eigenvalue weighted by Crippen LogP contribution is -2.13. The number of carbonyl (C=O) groups is 2. The van der Waals surface area contributed by atoms with Crippen LogP contribution in [0, 0.1) is 0 Å². The van der Waals surface area contributed by atoms with Crippen LogP contribution in [-0.2, 0) is 11.2 Å². The molecule has 0 heterocycles. The second-order valence-electron chi connectivity index (χ2n) is 5.62. The Balaban J connectivity index is 1.64. The number of ether oxygens (including phenoxy) is 2. The molecule has 0 aromatic heterocycles. The molecule has 0 aliphatic heterocycles. The van der Waals surface area contributed by atoms with Crippen LogP contribution < -0.4 is 4.74 Å². The maximum Gasteiger partial charge on any atom is 0.343 e. The zero-order valence-corrected chi connectivity index (χ0v) is 14.1. The molecule has 3 aromatic rings. The van der Waals surface area contributed by atoms with E-state index in [-0.39, 0.29) is 17.9 Å². The van der Waals surface area contributed by atoms with Crippen LogP contribution in [0.3, 0.4) is 0 Å². The van der Waals surface area contributed by atoms with E-state index < -0.39 is 11.9 Å². The van der Waals surface area contributed by atoms with Gasteiger partial charge in [-0.1, -0.05) is 60.7 Å². The summed E-state index contributed by atoms with van der Waals surface area (Å²) in [6, 6.07) is 25.0. The lowest BCUT2D eigenvalue weighted by molar-refractivity contribution is 0.0504. The third kappa shape index (κ3) is 4.57. The van der Waals surface area contributed by atoms with E-state index in [4.69, 9.17) is 9.47 Å². The predicted octanol–water partition coefficient (Wildman–Crippen LogP) is 4.31. The van der Waals surface area contributed by atoms with Gasteiger partial charge in [-0.25, -0.2) is 9.59 Å². The number of carbonyl (C=O) groups excluding carboxylic acids is 2. The quantitative estimate of drug-likeness (QED) is 0.493. The molecule has 0 amide bonds. The second-order valence-corrected chi connectivity index (χ2v) is 5.62. The van der Waals surface area contributed by atoms with Gasteiger partial charge in [0.15, 0.2) is 0 Å². The average molecular weight is 346 g/mol. The van der Waals surface area contributed by atoms with Crippen LogP contribution >= 0.6 is 0 Å². The minimum atomic E-state index is -0.518. The number of hydrogen-bond donors (Lipinski definition) is 0. The van der Waals surface area contributed by atoms with Gasteiger partial charge in [-0.2, -0.15) is 0 Å². The van der Waals surface area contributed by atoms with Crippen LogP contribution in [-0.4, -0.2) is 18.5 Å². The van der Waals surface area contributed by atoms with Gasteiger partial charge in [0.25, 0.3) is 0 Å². The summed E-state index contributed by atoms with van der Waals surface area (Å²) in [5.41, 5.74) is 1.73. The van der Waals surface area contributed by atoms with E-state index in [2.05, 4.69) is 0 Å². The monoisotopic (exact) mass is 346 g/mol. The molecule has 4 heteroatoms. The highest BCUT2D eigenvalue weighted by atomic mass is 16.5. The minimum absolute atomic E-state index is 0.186. The zero-order valence-electron chi connectivity index (χ0n) is 14.1. The van der Waals surface area contributed by atoms with E-state index in [0.29, 0.717) is 12.0 Å². The molecular formula is C22H18O4. The standard InChI is InChI=1S/C22H18O4/c23-21(18-11-5-2-6-12-18)26-20-14-8-7-13-19(20)22(24)25-16-15-17-9-3-1-4-10-17/h1-14H,15-16H2. The number of para-hydroxylation sites is 1. The third-order valence-corrected chi connectivity index (χ3v) is 3.79. The van der Waals surface area contributed by atoms with Crippen molar-refractivity contribution in [3.63, 3.8) is 0 Å². The van der Waals surface area contributed by atoms with Gasteiger partial charge in [-0.3, -0.25) is 0 Å². The lowest BCUT2D eigenvalue weighted by atomic mass is 10.1. The zero-order chi connectivity index (χ0) is 18.2. The molecule has 0 atom stereocenters. The number of rotatable bonds is 6. The van der Waals surface area contributed by atoms with Crippen molar-refractivity contribution < 1.29 is 19.1 Å². The highest BCUT2D eigenvalue weighted by molar-refractivity contribution is 5.96. The van der Waals surface area contributed by atoms with Crippen molar-refractivity contribution in [1.82, 2.24) is 0 Å². The highest BCUT2D eigenvalue weighted by Crippen LogP contribution is 2.20. The summed E-state index contributed by atoms with van der Waals surface area (Å²) in [5, 5.41) is 0. The van der Waals surface area contributed by atoms with Crippen molar-refractivity contribution in [2.45, 2.75) is 6.42 Å². The summed E-state index contributed by atoms with van der Waals surface area (Å²) in [7, 11) is 0. The molecule has 26 heavy (non-hydrogen) atoms. The number of benzene rings is 3. The normalized spacial score (nSPS) is 10.2. The Kier molecular flexibility index (Phi) is 5.78. The molecule has 3 rings (SSSR count). The molecule has 0 N–H and O–H groups in total. The third-order valence-electron chi connectivity index (χ3n) is 3.79. The van der Waals surface area contributed by atoms with Crippen LogP contribution in [0.1, 0.15) is 26.3 Å². The van der Waals surface area contributed by atoms with Gasteiger partial charge in [0.2, 0.25) is 0 Å². The molecule has 0 spiro atoms. The first-order valence-electron chi connectivity index (χ1n) is 8.31. The first-order valence-corrected chi connectivity index (χ1v) is 8.31. The van der Waals surface area contributed by atoms with E-state index in [1.165, 1.54) is 0 Å². The molecule has 0 bridgehead atoms. The van der Waals surface area contributed by atoms with Gasteiger partial charge >= 0.3 is 11.9 Å². The molecule has 0 radical (unpaired) electrons. The van der Waals surface area contributed by atoms with Gasteiger partial charge in [0.05, 0.1) is 12.2 Å². The van der Waals surface area contributed by atoms with Gasteiger partial charge < -0.3 is 9.47 Å². The smallest absolute Gasteiger partial charge is 0.343 e. The predicted molar refractivity (Wildman–Crippen MR) is 98.3 cm³/mol. The van der Waals surface area contributed by atoms with Crippen molar-refractivity contribution in [3.05, 3.63) is 102 Å². The van der Waals surface area contributed by atoms with Crippen molar-refractivity contribution in [2.75, 3.05) is 6.61 Å². The summed E-state index contributed by atoms with van der Waals surface area (Å²) in [5.74, 6) is -0.849. The summed E-state index contributed by atoms with van der Waals surface area (Å²) in [6.45, 7) is 0.254. The summed E-state index contributed by atoms with van der Waals surface area (Å²) >= 11 is 0. The Labute approximate surface area is 152 Å². The van der Waals surface area contributed by atoms with Crippen LogP contribution in [0.25, 0.3) is 0 Å². The largest absolute Gasteiger partial charge is 0.462 e. The first-order chi connectivity index (χ1) is 12.7. The molecular weight excluding hydrogens is 328 g/mol. The highest BCUT2D eigenvalue weighted by Gasteiger charge is 2.17. The van der Waals surface area contributed by atoms with Crippen LogP contribution in [0.2, 0.25) is 0 Å². The molecule has 0 aliphatic rings. The van der Waals surface area contributed by atoms with E-state index in [0.717, 1.165) is 5.56 Å². The topological polar surface area (TPSA) is 52.6 Å². The summed E-state index contributed by atoms with van der Waals surface area (Å²) in [4.78, 5) is 24.6. The Hall–Kier alpha value is -3.40. The van der Waals surface area contributed by atoms with Gasteiger partial charge in [-0.15, -0.1) is 0 Å². The van der Waals surface area contributed by atoms with E-state index in [1.54, 1.807) is 48.5 Å². The first kappa shape index (κ1) is 17.4. The van der Waals surface area contributed by atoms with E-state index in [1.807, 2.05) is 36.4 Å². The molecule has 130 valence electrons. The minimum Gasteiger partial charge on any atom is -0.462 e. The summed E-state index contributed by atoms with van der Waals surface area (Å²) < 4.78 is 10.7. The Morgan fingerprint density at radius 3 is 2.04 bits per heavy atom. The maximum atomic E-state index is 12.4. The fourth-order valence-corrected chi connectivity index (χ4v) is 2.44. The van der Waals surface area contributed by atoms with Gasteiger partial charge in [-0.05, 0) is 29.8 Å². The second kappa shape index (κ2) is 8.62. The van der Waals surface area contributed by atoms with Crippen molar-refractivity contribution in [2.24, 2.45) is 0 Å². The molecule has 0 saturated heterocycles. The molecule has 3 aromatic carbocycles. The van der Waals surface area contributed by atoms with Crippen molar-refractivity contribution in [1.29, 1.82) is 0 Å². The fourth-order valence-electron chi connectivity index (χ4n) is 2.44. The van der Waals surface area contributed by atoms with E-state index in [9.17, 15) is 9.59 Å². The fraction of sp³-hybridized carbons (Fsp3) is 0.0909. The average Bonchev–Trinajstić information content (AvgIpc) is 2.70. The molecule has 0 aliphatic carbocycles. The number of hydrogen-bond acceptors (Lipinski definition) is 4. The van der Waals surface area contributed by atoms with Crippen molar-refractivity contribution >= 4 is 11.9 Å². The molecule has 0 unspecified atom stereocenters. The maximum absolute atomic E-state index is 12.4. The molecule has 4 nitrogen and oxygen atoms in total. The number of esters is 2. The molecule has 0 fully saturated rings. The van der Waals surface area contributed by atoms with Crippen LogP contribution in [0.5, 0.6) is 5.75 Å². The van der Waals surface area contributed by atoms with E-state index >= 15 is 0 Å². The Morgan fingerprint density at radius 1 is 0.692 bits per heavy atom. The Bertz CT molecular complexity index is 873. The lowest BCUT2D eigenvalue weighted by Gasteiger charge is -2.10. The SMILES string of the molecule is O=C(Oc1ccccc1C(=O)OCCc1ccccc1)c1ccccc1. The Morgan fingerprint density at radius 2 is 1.31 bits per heavy atom. The summed E-state index contributed by atoms with van der Waals surface area (Å²) in [6.07, 6.45) is 0.624. The van der Waals surface area contributed by atoms with Gasteiger partial charge in [0, 0.05) is 6.42 Å². The molecule has 0 saturated carbocycles. The van der Waals surface area contributed by atoms with Crippen molar-refractivity contribution in [3.8, 4) is 5.75 Å². The van der Waals surface area contributed by atoms with Crippen LogP contribution in [0.15, 0.2) is 84.9 Å². The van der Waals surface area contributed by atoms with Crippen LogP contribution in [0.4, 0.5) is 0 Å².